The summed E-state index contributed by atoms with van der Waals surface area (Å²) in [5.41, 5.74) is 1.37. The largest absolute Gasteiger partial charge is 0.342 e. The standard InChI is InChI=1S/C31H43N5O3S/c1-3-20-36-28(37)26(14-9-10-19-32-30(39)34-25-13-7-8-15-27(25)40-2)33-29(38)31(36)17-22-35(23-18-31)21-16-24-11-5-4-6-12-24/h4-8,11-13,15,26H,3,9-10,14,16-23H2,1-2H3,(H,33,38)(H2,32,34,39)/t26-/m0/s1. The van der Waals surface area contributed by atoms with Crippen molar-refractivity contribution in [1.82, 2.24) is 20.4 Å². The molecule has 3 N–H and O–H groups in total. The van der Waals surface area contributed by atoms with E-state index in [9.17, 15) is 14.4 Å². The minimum Gasteiger partial charge on any atom is -0.342 e. The van der Waals surface area contributed by atoms with Gasteiger partial charge in [0.1, 0.15) is 11.6 Å². The van der Waals surface area contributed by atoms with Crippen LogP contribution in [0.25, 0.3) is 0 Å². The number of nitrogens with zero attached hydrogens (tertiary/aromatic N) is 2. The topological polar surface area (TPSA) is 93.8 Å². The Balaban J connectivity index is 1.23. The molecular weight excluding hydrogens is 522 g/mol. The zero-order chi connectivity index (χ0) is 28.4. The van der Waals surface area contributed by atoms with Crippen molar-refractivity contribution in [3.05, 3.63) is 60.2 Å². The molecule has 216 valence electrons. The van der Waals surface area contributed by atoms with E-state index < -0.39 is 11.6 Å². The van der Waals surface area contributed by atoms with Gasteiger partial charge in [0.25, 0.3) is 0 Å². The van der Waals surface area contributed by atoms with E-state index in [1.54, 1.807) is 11.8 Å². The van der Waals surface area contributed by atoms with E-state index in [0.29, 0.717) is 32.4 Å². The van der Waals surface area contributed by atoms with Crippen molar-refractivity contribution in [2.24, 2.45) is 0 Å². The number of hydrogen-bond donors (Lipinski definition) is 3. The molecule has 0 aliphatic carbocycles. The summed E-state index contributed by atoms with van der Waals surface area (Å²) >= 11 is 1.58. The lowest BCUT2D eigenvalue weighted by molar-refractivity contribution is -0.161. The van der Waals surface area contributed by atoms with Crippen LogP contribution in [0.3, 0.4) is 0 Å². The van der Waals surface area contributed by atoms with Crippen LogP contribution in [0.2, 0.25) is 0 Å². The number of anilines is 1. The van der Waals surface area contributed by atoms with Gasteiger partial charge in [-0.15, -0.1) is 11.8 Å². The van der Waals surface area contributed by atoms with Crippen LogP contribution in [0.1, 0.15) is 51.0 Å². The second-order valence-corrected chi connectivity index (χ2v) is 11.5. The zero-order valence-corrected chi connectivity index (χ0v) is 24.6. The molecule has 0 bridgehead atoms. The fourth-order valence-corrected chi connectivity index (χ4v) is 6.34. The summed E-state index contributed by atoms with van der Waals surface area (Å²) in [5, 5.41) is 8.87. The Kier molecular flexibility index (Phi) is 10.9. The van der Waals surface area contributed by atoms with E-state index >= 15 is 0 Å². The van der Waals surface area contributed by atoms with Crippen molar-refractivity contribution in [3.8, 4) is 0 Å². The van der Waals surface area contributed by atoms with Gasteiger partial charge in [-0.3, -0.25) is 9.59 Å². The van der Waals surface area contributed by atoms with Crippen molar-refractivity contribution in [2.75, 3.05) is 44.3 Å². The van der Waals surface area contributed by atoms with Gasteiger partial charge in [-0.1, -0.05) is 49.4 Å². The maximum absolute atomic E-state index is 13.6. The van der Waals surface area contributed by atoms with Crippen molar-refractivity contribution < 1.29 is 14.4 Å². The van der Waals surface area contributed by atoms with Crippen molar-refractivity contribution in [2.45, 2.75) is 68.3 Å². The van der Waals surface area contributed by atoms with Gasteiger partial charge in [0.15, 0.2) is 0 Å². The summed E-state index contributed by atoms with van der Waals surface area (Å²) in [6, 6.07) is 17.4. The van der Waals surface area contributed by atoms with Gasteiger partial charge in [0, 0.05) is 37.6 Å². The number of urea groups is 1. The van der Waals surface area contributed by atoms with Crippen LogP contribution in [-0.4, -0.2) is 78.2 Å². The first-order valence-electron chi connectivity index (χ1n) is 14.5. The lowest BCUT2D eigenvalue weighted by Crippen LogP contribution is -2.72. The number of hydrogen-bond acceptors (Lipinski definition) is 5. The van der Waals surface area contributed by atoms with Crippen LogP contribution in [0.15, 0.2) is 59.5 Å². The Morgan fingerprint density at radius 3 is 2.48 bits per heavy atom. The van der Waals surface area contributed by atoms with Gasteiger partial charge in [0.2, 0.25) is 11.8 Å². The molecule has 2 saturated heterocycles. The minimum absolute atomic E-state index is 0.00165. The predicted molar refractivity (Wildman–Crippen MR) is 162 cm³/mol. The second-order valence-electron chi connectivity index (χ2n) is 10.7. The van der Waals surface area contributed by atoms with E-state index in [-0.39, 0.29) is 17.8 Å². The van der Waals surface area contributed by atoms with Gasteiger partial charge in [-0.05, 0) is 68.9 Å². The number of thioether (sulfide) groups is 1. The van der Waals surface area contributed by atoms with E-state index in [0.717, 1.165) is 55.9 Å². The molecule has 2 aromatic rings. The third kappa shape index (κ3) is 7.37. The highest BCUT2D eigenvalue weighted by molar-refractivity contribution is 7.98. The molecule has 0 aromatic heterocycles. The number of piperidine rings is 1. The van der Waals surface area contributed by atoms with E-state index in [4.69, 9.17) is 0 Å². The molecule has 0 saturated carbocycles. The SMILES string of the molecule is CCCN1C(=O)[C@H](CCCCNC(=O)Nc2ccccc2SC)NC(=O)C12CCN(CCc1ccccc1)CC2. The number of nitrogens with one attached hydrogen (secondary N) is 3. The summed E-state index contributed by atoms with van der Waals surface area (Å²) in [6.45, 7) is 5.75. The number of amides is 4. The summed E-state index contributed by atoms with van der Waals surface area (Å²) in [4.78, 5) is 44.7. The second kappa shape index (κ2) is 14.6. The van der Waals surface area contributed by atoms with Crippen LogP contribution in [0.5, 0.6) is 0 Å². The molecule has 2 heterocycles. The molecule has 4 amide bonds. The molecular formula is C31H43N5O3S. The maximum atomic E-state index is 13.6. The molecule has 0 unspecified atom stereocenters. The van der Waals surface area contributed by atoms with E-state index in [1.165, 1.54) is 5.56 Å². The number of rotatable bonds is 12. The van der Waals surface area contributed by atoms with Crippen LogP contribution >= 0.6 is 11.8 Å². The van der Waals surface area contributed by atoms with Crippen LogP contribution in [0.4, 0.5) is 10.5 Å². The van der Waals surface area contributed by atoms with Gasteiger partial charge in [-0.25, -0.2) is 4.79 Å². The normalized spacial score (nSPS) is 18.9. The zero-order valence-electron chi connectivity index (χ0n) is 23.8. The molecule has 2 aliphatic rings. The Labute approximate surface area is 242 Å². The minimum atomic E-state index is -0.737. The van der Waals surface area contributed by atoms with Gasteiger partial charge in [0.05, 0.1) is 5.69 Å². The number of unbranched alkanes of at least 4 members (excludes halogenated alkanes) is 1. The first-order chi connectivity index (χ1) is 19.5. The Morgan fingerprint density at radius 2 is 1.75 bits per heavy atom. The fourth-order valence-electron chi connectivity index (χ4n) is 5.78. The Morgan fingerprint density at radius 1 is 1.02 bits per heavy atom. The average Bonchev–Trinajstić information content (AvgIpc) is 2.98. The quantitative estimate of drug-likeness (QED) is 0.260. The lowest BCUT2D eigenvalue weighted by Gasteiger charge is -2.51. The third-order valence-corrected chi connectivity index (χ3v) is 8.85. The summed E-state index contributed by atoms with van der Waals surface area (Å²) in [6.07, 6.45) is 7.16. The highest BCUT2D eigenvalue weighted by atomic mass is 32.2. The van der Waals surface area contributed by atoms with Crippen LogP contribution < -0.4 is 16.0 Å². The highest BCUT2D eigenvalue weighted by Gasteiger charge is 2.52. The highest BCUT2D eigenvalue weighted by Crippen LogP contribution is 2.34. The van der Waals surface area contributed by atoms with Crippen molar-refractivity contribution in [3.63, 3.8) is 0 Å². The summed E-state index contributed by atoms with van der Waals surface area (Å²) < 4.78 is 0. The number of para-hydroxylation sites is 1. The first-order valence-corrected chi connectivity index (χ1v) is 15.8. The molecule has 2 aliphatic heterocycles. The van der Waals surface area contributed by atoms with Crippen molar-refractivity contribution >= 4 is 35.3 Å². The van der Waals surface area contributed by atoms with Crippen LogP contribution in [-0.2, 0) is 16.0 Å². The first kappa shape index (κ1) is 29.9. The van der Waals surface area contributed by atoms with E-state index in [2.05, 4.69) is 52.0 Å². The van der Waals surface area contributed by atoms with Crippen molar-refractivity contribution in [1.29, 1.82) is 0 Å². The molecule has 8 nitrogen and oxygen atoms in total. The fraction of sp³-hybridized carbons (Fsp3) is 0.516. The number of benzene rings is 2. The number of carbonyl (C=O) groups excluding carboxylic acids is 3. The van der Waals surface area contributed by atoms with Crippen LogP contribution in [0, 0.1) is 0 Å². The molecule has 2 aromatic carbocycles. The Hall–Kier alpha value is -3.04. The predicted octanol–water partition coefficient (Wildman–Crippen LogP) is 4.51. The van der Waals surface area contributed by atoms with Gasteiger partial charge < -0.3 is 25.8 Å². The molecule has 2 fully saturated rings. The molecule has 1 spiro atoms. The Bertz CT molecular complexity index is 1140. The number of piperazine rings is 1. The maximum Gasteiger partial charge on any atom is 0.319 e. The molecule has 40 heavy (non-hydrogen) atoms. The molecule has 9 heteroatoms. The number of likely N-dealkylation sites (tertiary alicyclic amines) is 1. The molecule has 0 radical (unpaired) electrons. The monoisotopic (exact) mass is 565 g/mol. The van der Waals surface area contributed by atoms with Gasteiger partial charge >= 0.3 is 6.03 Å². The van der Waals surface area contributed by atoms with Gasteiger partial charge in [-0.2, -0.15) is 0 Å². The lowest BCUT2D eigenvalue weighted by atomic mass is 9.81. The molecule has 4 rings (SSSR count). The average molecular weight is 566 g/mol. The summed E-state index contributed by atoms with van der Waals surface area (Å²) in [7, 11) is 0. The molecule has 1 atom stereocenters. The third-order valence-electron chi connectivity index (χ3n) is 8.06. The number of carbonyl (C=O) groups is 3. The smallest absolute Gasteiger partial charge is 0.319 e. The van der Waals surface area contributed by atoms with E-state index in [1.807, 2.05) is 41.5 Å². The summed E-state index contributed by atoms with van der Waals surface area (Å²) in [5.74, 6) is 0.0387.